The molecule has 0 unspecified atom stereocenters. The van der Waals surface area contributed by atoms with Gasteiger partial charge in [-0.05, 0) is 57.9 Å². The second-order valence-electron chi connectivity index (χ2n) is 13.1. The highest BCUT2D eigenvalue weighted by Gasteiger charge is 1.91. The fraction of sp³-hybridized carbons (Fsp3) is 0.188. The van der Waals surface area contributed by atoms with Crippen LogP contribution in [-0.4, -0.2) is 40.3 Å². The molecule has 0 spiro atoms. The molecule has 0 fully saturated rings. The van der Waals surface area contributed by atoms with E-state index in [2.05, 4.69) is 113 Å². The standard InChI is InChI=1S/C10H8.2C9H7N.3C8H6N2.6C2H6/c1-2-6-10-8-4-3-7-9(10)5-1;1-2-6-9-8(4-1)5-3-7-10-9;1-2-4-9-7-10-6-5-8(9)3-1;1-2-4-8-7(3-1)5-9-6-10-8;1-2-4-8-6-10-9-5-7(8)3-1;1-2-4-8-7(3-1)5-6-9-10-8;6*1-2/h1-8H;2*1-7H;3*1-6H;6*1-2H3. The Labute approximate surface area is 430 Å². The van der Waals surface area contributed by atoms with Gasteiger partial charge in [-0.3, -0.25) is 9.97 Å². The summed E-state index contributed by atoms with van der Waals surface area (Å²) in [6, 6.07) is 64.8. The minimum absolute atomic E-state index is 0.949. The highest BCUT2D eigenvalue weighted by atomic mass is 15.1. The highest BCUT2D eigenvalue weighted by Crippen LogP contribution is 2.13. The number of benzene rings is 7. The third-order valence-corrected chi connectivity index (χ3v) is 9.01. The van der Waals surface area contributed by atoms with Crippen molar-refractivity contribution in [2.24, 2.45) is 0 Å². The molecule has 7 aromatic carbocycles. The Morgan fingerprint density at radius 2 is 0.556 bits per heavy atom. The summed E-state index contributed by atoms with van der Waals surface area (Å²) in [6.07, 6.45) is 14.1. The first-order valence-corrected chi connectivity index (χ1v) is 25.3. The van der Waals surface area contributed by atoms with Crippen molar-refractivity contribution in [2.75, 3.05) is 0 Å². The molecule has 0 aliphatic carbocycles. The third kappa shape index (κ3) is 22.8. The molecular formula is C64H76N8. The van der Waals surface area contributed by atoms with Gasteiger partial charge in [0.15, 0.2) is 0 Å². The molecule has 0 atom stereocenters. The molecule has 372 valence electrons. The Bertz CT molecular complexity index is 2210. The summed E-state index contributed by atoms with van der Waals surface area (Å²) in [7, 11) is 0. The van der Waals surface area contributed by atoms with Crippen LogP contribution >= 0.6 is 0 Å². The summed E-state index contributed by atoms with van der Waals surface area (Å²) >= 11 is 0. The van der Waals surface area contributed by atoms with E-state index in [0.717, 1.165) is 38.1 Å². The largest absolute Gasteiger partial charge is 0.264 e. The van der Waals surface area contributed by atoms with Crippen molar-refractivity contribution in [3.05, 3.63) is 244 Å². The van der Waals surface area contributed by atoms with Crippen LogP contribution in [-0.2, 0) is 0 Å². The molecule has 0 radical (unpaired) electrons. The predicted molar refractivity (Wildman–Crippen MR) is 314 cm³/mol. The molecular weight excluding hydrogens is 881 g/mol. The zero-order valence-electron chi connectivity index (χ0n) is 44.7. The van der Waals surface area contributed by atoms with Gasteiger partial charge in [0.1, 0.15) is 6.33 Å². The van der Waals surface area contributed by atoms with E-state index in [4.69, 9.17) is 0 Å². The molecule has 8 nitrogen and oxygen atoms in total. The number of rotatable bonds is 0. The molecule has 0 bridgehead atoms. The average Bonchev–Trinajstić information content (AvgIpc) is 3.51. The Hall–Kier alpha value is -8.36. The van der Waals surface area contributed by atoms with Crippen LogP contribution in [0.2, 0.25) is 0 Å². The lowest BCUT2D eigenvalue weighted by atomic mass is 10.1. The third-order valence-electron chi connectivity index (χ3n) is 9.01. The minimum Gasteiger partial charge on any atom is -0.264 e. The minimum atomic E-state index is 0.949. The maximum Gasteiger partial charge on any atom is 0.116 e. The molecule has 5 aromatic heterocycles. The van der Waals surface area contributed by atoms with Crippen LogP contribution in [0.5, 0.6) is 0 Å². The summed E-state index contributed by atoms with van der Waals surface area (Å²) in [4.78, 5) is 16.2. The maximum absolute atomic E-state index is 4.18. The Morgan fingerprint density at radius 3 is 1.00 bits per heavy atom. The lowest BCUT2D eigenvalue weighted by Crippen LogP contribution is -1.79. The van der Waals surface area contributed by atoms with E-state index in [9.17, 15) is 0 Å². The topological polar surface area (TPSA) is 103 Å². The van der Waals surface area contributed by atoms with E-state index in [-0.39, 0.29) is 0 Å². The zero-order valence-corrected chi connectivity index (χ0v) is 44.7. The highest BCUT2D eigenvalue weighted by molar-refractivity contribution is 5.83. The fourth-order valence-electron chi connectivity index (χ4n) is 5.97. The van der Waals surface area contributed by atoms with Crippen molar-refractivity contribution < 1.29 is 0 Å². The normalized spacial score (nSPS) is 8.83. The monoisotopic (exact) mass is 957 g/mol. The molecule has 0 N–H and O–H groups in total. The van der Waals surface area contributed by atoms with Gasteiger partial charge in [0.05, 0.1) is 35.1 Å². The number of hydrogen-bond donors (Lipinski definition) is 0. The summed E-state index contributed by atoms with van der Waals surface area (Å²) in [5, 5.41) is 26.0. The molecule has 8 heteroatoms. The van der Waals surface area contributed by atoms with Crippen molar-refractivity contribution in [3.63, 3.8) is 0 Å². The molecule has 0 saturated carbocycles. The molecule has 72 heavy (non-hydrogen) atoms. The first-order chi connectivity index (χ1) is 35.8. The molecule has 5 heterocycles. The number of para-hydroxylation sites is 2. The summed E-state index contributed by atoms with van der Waals surface area (Å²) in [6.45, 7) is 24.0. The van der Waals surface area contributed by atoms with Gasteiger partial charge in [-0.2, -0.15) is 20.4 Å². The van der Waals surface area contributed by atoms with Crippen molar-refractivity contribution in [3.8, 4) is 0 Å². The SMILES string of the molecule is CC.CC.CC.CC.CC.CC.c1ccc2ccccc2c1.c1ccc2cnccc2c1.c1ccc2cnncc2c1.c1ccc2ncccc2c1.c1ccc2ncncc2c1.c1ccc2nnccc2c1. The molecule has 12 rings (SSSR count). The quantitative estimate of drug-likeness (QED) is 0.148. The number of aromatic nitrogens is 8. The first-order valence-electron chi connectivity index (χ1n) is 25.3. The van der Waals surface area contributed by atoms with Crippen LogP contribution in [0.15, 0.2) is 244 Å². The number of fused-ring (bicyclic) bond motifs is 6. The van der Waals surface area contributed by atoms with Crippen molar-refractivity contribution in [1.29, 1.82) is 0 Å². The number of hydrogen-bond acceptors (Lipinski definition) is 8. The molecule has 0 saturated heterocycles. The fourth-order valence-corrected chi connectivity index (χ4v) is 5.97. The Kier molecular flexibility index (Phi) is 35.6. The molecule has 0 aliphatic heterocycles. The number of pyridine rings is 2. The van der Waals surface area contributed by atoms with E-state index < -0.39 is 0 Å². The van der Waals surface area contributed by atoms with Gasteiger partial charge in [0.25, 0.3) is 0 Å². The van der Waals surface area contributed by atoms with E-state index in [1.54, 1.807) is 24.9 Å². The smallest absolute Gasteiger partial charge is 0.116 e. The zero-order chi connectivity index (χ0) is 52.9. The Balaban J connectivity index is 0.000000414. The summed E-state index contributed by atoms with van der Waals surface area (Å²) < 4.78 is 0. The van der Waals surface area contributed by atoms with Crippen LogP contribution in [0.3, 0.4) is 0 Å². The lowest BCUT2D eigenvalue weighted by Gasteiger charge is -1.92. The van der Waals surface area contributed by atoms with E-state index >= 15 is 0 Å². The van der Waals surface area contributed by atoms with Gasteiger partial charge in [0.2, 0.25) is 0 Å². The van der Waals surface area contributed by atoms with Crippen LogP contribution in [0.1, 0.15) is 83.1 Å². The summed E-state index contributed by atoms with van der Waals surface area (Å²) in [5.74, 6) is 0. The lowest BCUT2D eigenvalue weighted by molar-refractivity contribution is 1.05. The van der Waals surface area contributed by atoms with Crippen LogP contribution in [0, 0.1) is 0 Å². The van der Waals surface area contributed by atoms with Gasteiger partial charge in [-0.1, -0.05) is 241 Å². The van der Waals surface area contributed by atoms with Gasteiger partial charge in [0, 0.05) is 51.7 Å². The van der Waals surface area contributed by atoms with E-state index in [0.29, 0.717) is 0 Å². The summed E-state index contributed by atoms with van der Waals surface area (Å²) in [5.41, 5.74) is 3.01. The second-order valence-corrected chi connectivity index (χ2v) is 13.1. The Morgan fingerprint density at radius 1 is 0.222 bits per heavy atom. The van der Waals surface area contributed by atoms with Gasteiger partial charge in [-0.25, -0.2) is 9.97 Å². The number of nitrogens with zero attached hydrogens (tertiary/aromatic N) is 8. The predicted octanol–water partition coefficient (Wildman–Crippen LogP) is 18.4. The van der Waals surface area contributed by atoms with E-state index in [1.807, 2.05) is 229 Å². The van der Waals surface area contributed by atoms with Crippen molar-refractivity contribution >= 4 is 65.0 Å². The van der Waals surface area contributed by atoms with Crippen molar-refractivity contribution in [1.82, 2.24) is 40.3 Å². The average molecular weight is 957 g/mol. The van der Waals surface area contributed by atoms with Gasteiger partial charge < -0.3 is 0 Å². The molecule has 0 amide bonds. The molecule has 0 aliphatic rings. The maximum atomic E-state index is 4.18. The molecule has 12 aromatic rings. The first kappa shape index (κ1) is 61.7. The second kappa shape index (κ2) is 41.6. The van der Waals surface area contributed by atoms with E-state index in [1.165, 1.54) is 26.9 Å². The van der Waals surface area contributed by atoms with Crippen LogP contribution < -0.4 is 0 Å². The van der Waals surface area contributed by atoms with Gasteiger partial charge >= 0.3 is 0 Å². The van der Waals surface area contributed by atoms with Crippen molar-refractivity contribution in [2.45, 2.75) is 83.1 Å². The van der Waals surface area contributed by atoms with Gasteiger partial charge in [-0.15, -0.1) is 0 Å². The van der Waals surface area contributed by atoms with Crippen LogP contribution in [0.25, 0.3) is 65.0 Å². The van der Waals surface area contributed by atoms with Crippen LogP contribution in [0.4, 0.5) is 0 Å².